The topological polar surface area (TPSA) is 75.1 Å². The van der Waals surface area contributed by atoms with Crippen LogP contribution >= 0.6 is 15.9 Å². The van der Waals surface area contributed by atoms with Crippen LogP contribution in [0.2, 0.25) is 0 Å². The van der Waals surface area contributed by atoms with Crippen LogP contribution < -0.4 is 5.32 Å². The molecule has 0 unspecified atom stereocenters. The van der Waals surface area contributed by atoms with Gasteiger partial charge in [-0.05, 0) is 45.3 Å². The van der Waals surface area contributed by atoms with Gasteiger partial charge in [0.25, 0.3) is 0 Å². The van der Waals surface area contributed by atoms with Crippen molar-refractivity contribution in [2.45, 2.75) is 6.42 Å². The molecule has 1 aromatic heterocycles. The first-order valence-electron chi connectivity index (χ1n) is 8.04. The predicted octanol–water partition coefficient (Wildman–Crippen LogP) is 4.51. The maximum atomic E-state index is 13.1. The van der Waals surface area contributed by atoms with Crippen LogP contribution in [0.25, 0.3) is 6.08 Å². The van der Waals surface area contributed by atoms with E-state index in [0.717, 1.165) is 5.56 Å². The number of hydrogen-bond donors (Lipinski definition) is 2. The van der Waals surface area contributed by atoms with E-state index < -0.39 is 5.97 Å². The monoisotopic (exact) mass is 427 g/mol. The molecule has 0 saturated carbocycles. The lowest BCUT2D eigenvalue weighted by Crippen LogP contribution is -2.13. The zero-order valence-electron chi connectivity index (χ0n) is 14.1. The lowest BCUT2D eigenvalue weighted by molar-refractivity contribution is -0.132. The van der Waals surface area contributed by atoms with Crippen molar-refractivity contribution in [3.8, 4) is 0 Å². The van der Waals surface area contributed by atoms with Crippen molar-refractivity contribution in [1.29, 1.82) is 0 Å². The van der Waals surface area contributed by atoms with E-state index in [1.54, 1.807) is 0 Å². The van der Waals surface area contributed by atoms with Crippen LogP contribution in [-0.4, -0.2) is 21.0 Å². The number of nitrogens with zero attached hydrogens (tertiary/aromatic N) is 2. The highest BCUT2D eigenvalue weighted by atomic mass is 79.9. The maximum absolute atomic E-state index is 13.1. The van der Waals surface area contributed by atoms with Crippen molar-refractivity contribution in [3.63, 3.8) is 0 Å². The van der Waals surface area contributed by atoms with E-state index >= 15 is 0 Å². The Kier molecular flexibility index (Phi) is 5.93. The zero-order valence-corrected chi connectivity index (χ0v) is 15.6. The molecular weight excluding hydrogens is 413 g/mol. The van der Waals surface area contributed by atoms with Gasteiger partial charge in [-0.15, -0.1) is 0 Å². The lowest BCUT2D eigenvalue weighted by atomic mass is 10.1. The lowest BCUT2D eigenvalue weighted by Gasteiger charge is -2.11. The van der Waals surface area contributed by atoms with Gasteiger partial charge in [0.15, 0.2) is 5.82 Å². The van der Waals surface area contributed by atoms with Crippen molar-refractivity contribution < 1.29 is 14.3 Å². The number of aliphatic carboxylic acids is 1. The number of aromatic nitrogens is 2. The second-order valence-electron chi connectivity index (χ2n) is 5.69. The van der Waals surface area contributed by atoms with Gasteiger partial charge < -0.3 is 10.4 Å². The van der Waals surface area contributed by atoms with Gasteiger partial charge >= 0.3 is 5.97 Å². The molecule has 0 radical (unpaired) electrons. The summed E-state index contributed by atoms with van der Waals surface area (Å²) >= 11 is 3.30. The molecule has 0 saturated heterocycles. The van der Waals surface area contributed by atoms with Crippen LogP contribution in [0, 0.1) is 5.82 Å². The number of rotatable bonds is 6. The molecule has 0 aliphatic heterocycles. The van der Waals surface area contributed by atoms with Crippen LogP contribution in [-0.2, 0) is 11.2 Å². The standard InChI is InChI=1S/C20H15BrFN3O2/c21-18-12-23-19(16(24-18)10-13-4-2-1-3-5-13)25-17(20(26)27)11-14-6-8-15(22)9-7-14/h1-9,11-12H,10H2,(H,23,25)(H,26,27)/b17-11-. The normalized spacial score (nSPS) is 11.3. The minimum atomic E-state index is -1.16. The largest absolute Gasteiger partial charge is 0.477 e. The molecule has 7 heteroatoms. The highest BCUT2D eigenvalue weighted by molar-refractivity contribution is 9.10. The minimum Gasteiger partial charge on any atom is -0.477 e. The highest BCUT2D eigenvalue weighted by Gasteiger charge is 2.14. The summed E-state index contributed by atoms with van der Waals surface area (Å²) in [5.74, 6) is -1.20. The SMILES string of the molecule is O=C(O)/C(=C/c1ccc(F)cc1)Nc1ncc(Br)nc1Cc1ccccc1. The second kappa shape index (κ2) is 8.55. The molecular formula is C20H15BrFN3O2. The molecule has 1 heterocycles. The molecule has 0 spiro atoms. The highest BCUT2D eigenvalue weighted by Crippen LogP contribution is 2.20. The molecule has 0 atom stereocenters. The summed E-state index contributed by atoms with van der Waals surface area (Å²) in [6.07, 6.45) is 3.39. The number of halogens is 2. The summed E-state index contributed by atoms with van der Waals surface area (Å²) in [5.41, 5.74) is 2.08. The smallest absolute Gasteiger partial charge is 0.352 e. The van der Waals surface area contributed by atoms with Crippen LogP contribution in [0.5, 0.6) is 0 Å². The molecule has 3 rings (SSSR count). The fraction of sp³-hybridized carbons (Fsp3) is 0.0500. The van der Waals surface area contributed by atoms with E-state index in [9.17, 15) is 14.3 Å². The summed E-state index contributed by atoms with van der Waals surface area (Å²) in [4.78, 5) is 20.3. The molecule has 0 aliphatic carbocycles. The molecule has 0 amide bonds. The van der Waals surface area contributed by atoms with Crippen LogP contribution in [0.3, 0.4) is 0 Å². The summed E-state index contributed by atoms with van der Waals surface area (Å²) in [5, 5.41) is 12.4. The number of anilines is 1. The average molecular weight is 428 g/mol. The molecule has 2 aromatic carbocycles. The Hall–Kier alpha value is -3.06. The van der Waals surface area contributed by atoms with E-state index in [1.165, 1.54) is 36.5 Å². The van der Waals surface area contributed by atoms with Crippen molar-refractivity contribution in [2.24, 2.45) is 0 Å². The first-order valence-corrected chi connectivity index (χ1v) is 8.83. The second-order valence-corrected chi connectivity index (χ2v) is 6.50. The van der Waals surface area contributed by atoms with Crippen LogP contribution in [0.4, 0.5) is 10.2 Å². The van der Waals surface area contributed by atoms with Crippen LogP contribution in [0.1, 0.15) is 16.8 Å². The Labute approximate surface area is 163 Å². The Morgan fingerprint density at radius 2 is 1.85 bits per heavy atom. The Morgan fingerprint density at radius 3 is 2.52 bits per heavy atom. The molecule has 3 aromatic rings. The van der Waals surface area contributed by atoms with E-state index in [0.29, 0.717) is 28.1 Å². The Morgan fingerprint density at radius 1 is 1.15 bits per heavy atom. The quantitative estimate of drug-likeness (QED) is 0.566. The molecule has 0 fully saturated rings. The molecule has 2 N–H and O–H groups in total. The van der Waals surface area contributed by atoms with Gasteiger partial charge in [-0.25, -0.2) is 19.2 Å². The maximum Gasteiger partial charge on any atom is 0.352 e. The van der Waals surface area contributed by atoms with Gasteiger partial charge in [-0.1, -0.05) is 42.5 Å². The Balaban J connectivity index is 1.92. The molecule has 27 heavy (non-hydrogen) atoms. The number of benzene rings is 2. The first-order chi connectivity index (χ1) is 13.0. The number of carboxylic acid groups (broad SMARTS) is 1. The summed E-state index contributed by atoms with van der Waals surface area (Å²) in [6.45, 7) is 0. The van der Waals surface area contributed by atoms with Gasteiger partial charge in [-0.3, -0.25) is 0 Å². The van der Waals surface area contributed by atoms with Gasteiger partial charge in [0.05, 0.1) is 11.9 Å². The summed E-state index contributed by atoms with van der Waals surface area (Å²) in [6, 6.07) is 15.2. The van der Waals surface area contributed by atoms with Crippen molar-refractivity contribution in [1.82, 2.24) is 9.97 Å². The predicted molar refractivity (Wildman–Crippen MR) is 105 cm³/mol. The van der Waals surface area contributed by atoms with Crippen molar-refractivity contribution >= 4 is 33.8 Å². The first kappa shape index (κ1) is 18.7. The Bertz CT molecular complexity index is 976. The average Bonchev–Trinajstić information content (AvgIpc) is 2.65. The molecule has 0 aliphatic rings. The van der Waals surface area contributed by atoms with E-state index in [1.807, 2.05) is 30.3 Å². The van der Waals surface area contributed by atoms with Crippen molar-refractivity contribution in [2.75, 3.05) is 5.32 Å². The third kappa shape index (κ3) is 5.21. The number of carbonyl (C=O) groups is 1. The fourth-order valence-corrected chi connectivity index (χ4v) is 2.74. The molecule has 5 nitrogen and oxygen atoms in total. The number of carboxylic acids is 1. The summed E-state index contributed by atoms with van der Waals surface area (Å²) < 4.78 is 13.6. The molecule has 136 valence electrons. The van der Waals surface area contributed by atoms with E-state index in [4.69, 9.17) is 0 Å². The fourth-order valence-electron chi connectivity index (χ4n) is 2.42. The van der Waals surface area contributed by atoms with Gasteiger partial charge in [-0.2, -0.15) is 0 Å². The third-order valence-electron chi connectivity index (χ3n) is 3.69. The van der Waals surface area contributed by atoms with E-state index in [2.05, 4.69) is 31.2 Å². The summed E-state index contributed by atoms with van der Waals surface area (Å²) in [7, 11) is 0. The van der Waals surface area contributed by atoms with Crippen LogP contribution in [0.15, 0.2) is 71.1 Å². The van der Waals surface area contributed by atoms with Gasteiger partial charge in [0, 0.05) is 6.42 Å². The zero-order chi connectivity index (χ0) is 19.2. The minimum absolute atomic E-state index is 0.0902. The number of nitrogens with one attached hydrogen (secondary N) is 1. The third-order valence-corrected chi connectivity index (χ3v) is 4.08. The number of hydrogen-bond acceptors (Lipinski definition) is 4. The van der Waals surface area contributed by atoms with E-state index in [-0.39, 0.29) is 11.5 Å². The molecule has 0 bridgehead atoms. The van der Waals surface area contributed by atoms with Crippen molar-refractivity contribution in [3.05, 3.63) is 93.7 Å². The van der Waals surface area contributed by atoms with Gasteiger partial charge in [0.1, 0.15) is 16.1 Å². The van der Waals surface area contributed by atoms with Gasteiger partial charge in [0.2, 0.25) is 0 Å².